The highest BCUT2D eigenvalue weighted by molar-refractivity contribution is 6.31. The first-order valence-corrected chi connectivity index (χ1v) is 11.9. The molecule has 0 bridgehead atoms. The molecule has 0 aromatic heterocycles. The van der Waals surface area contributed by atoms with Crippen molar-refractivity contribution in [1.82, 2.24) is 4.90 Å². The van der Waals surface area contributed by atoms with Crippen LogP contribution in [-0.2, 0) is 23.8 Å². The first-order valence-electron chi connectivity index (χ1n) is 11.5. The van der Waals surface area contributed by atoms with Crippen molar-refractivity contribution in [3.63, 3.8) is 0 Å². The second kappa shape index (κ2) is 11.1. The van der Waals surface area contributed by atoms with E-state index >= 15 is 0 Å². The van der Waals surface area contributed by atoms with Crippen LogP contribution in [0.2, 0.25) is 5.02 Å². The maximum Gasteiger partial charge on any atom is 0.336 e. The van der Waals surface area contributed by atoms with Gasteiger partial charge in [0.25, 0.3) is 11.8 Å². The van der Waals surface area contributed by atoms with E-state index in [2.05, 4.69) is 4.99 Å². The average molecular weight is 525 g/mol. The fourth-order valence-electron chi connectivity index (χ4n) is 4.66. The molecule has 0 aliphatic carbocycles. The van der Waals surface area contributed by atoms with Crippen LogP contribution in [0.4, 0.5) is 0 Å². The maximum absolute atomic E-state index is 13.0. The summed E-state index contributed by atoms with van der Waals surface area (Å²) in [7, 11) is 2.50. The van der Waals surface area contributed by atoms with Gasteiger partial charge in [0, 0.05) is 16.7 Å². The normalized spacial score (nSPS) is 19.0. The van der Waals surface area contributed by atoms with Crippen molar-refractivity contribution in [2.24, 2.45) is 10.9 Å². The van der Waals surface area contributed by atoms with E-state index < -0.39 is 23.8 Å². The van der Waals surface area contributed by atoms with Gasteiger partial charge in [-0.2, -0.15) is 0 Å². The molecule has 2 atom stereocenters. The number of esters is 2. The molecule has 10 heteroatoms. The Morgan fingerprint density at radius 3 is 2.19 bits per heavy atom. The summed E-state index contributed by atoms with van der Waals surface area (Å²) in [6.07, 6.45) is 0. The first kappa shape index (κ1) is 26.2. The molecule has 2 aromatic rings. The number of carbonyl (C=O) groups excluding carboxylic acids is 4. The van der Waals surface area contributed by atoms with Crippen molar-refractivity contribution in [3.05, 3.63) is 81.5 Å². The number of fused-ring (bicyclic) bond motifs is 1. The quantitative estimate of drug-likeness (QED) is 0.295. The number of amides is 2. The summed E-state index contributed by atoms with van der Waals surface area (Å²) < 4.78 is 15.8. The van der Waals surface area contributed by atoms with Crippen LogP contribution < -0.4 is 0 Å². The predicted molar refractivity (Wildman–Crippen MR) is 134 cm³/mol. The van der Waals surface area contributed by atoms with E-state index in [-0.39, 0.29) is 42.8 Å². The number of nitrogens with zero attached hydrogens (tertiary/aromatic N) is 2. The summed E-state index contributed by atoms with van der Waals surface area (Å²) in [5.41, 5.74) is 2.05. The lowest BCUT2D eigenvalue weighted by atomic mass is 9.75. The minimum atomic E-state index is -0.902. The fraction of sp³-hybridized carbons (Fsp3) is 0.296. The number of carbonyl (C=O) groups is 4. The third-order valence-electron chi connectivity index (χ3n) is 6.39. The number of halogens is 1. The van der Waals surface area contributed by atoms with Crippen molar-refractivity contribution in [2.75, 3.05) is 34.0 Å². The van der Waals surface area contributed by atoms with Gasteiger partial charge in [0.1, 0.15) is 5.92 Å². The van der Waals surface area contributed by atoms with Gasteiger partial charge in [-0.15, -0.1) is 0 Å². The molecule has 192 valence electrons. The minimum absolute atomic E-state index is 0.00911. The van der Waals surface area contributed by atoms with Crippen LogP contribution in [0, 0.1) is 5.92 Å². The zero-order valence-electron chi connectivity index (χ0n) is 20.5. The summed E-state index contributed by atoms with van der Waals surface area (Å²) in [5.74, 6) is -3.75. The number of imide groups is 1. The molecule has 2 amide bonds. The predicted octanol–water partition coefficient (Wildman–Crippen LogP) is 3.43. The smallest absolute Gasteiger partial charge is 0.336 e. The number of hydrogen-bond donors (Lipinski definition) is 0. The molecule has 9 nitrogen and oxygen atoms in total. The molecular formula is C27H25ClN2O7. The largest absolute Gasteiger partial charge is 0.468 e. The molecule has 0 saturated carbocycles. The fourth-order valence-corrected chi connectivity index (χ4v) is 4.91. The van der Waals surface area contributed by atoms with E-state index in [0.717, 1.165) is 4.90 Å². The topological polar surface area (TPSA) is 112 Å². The van der Waals surface area contributed by atoms with Crippen LogP contribution in [0.5, 0.6) is 0 Å². The number of hydrogen-bond acceptors (Lipinski definition) is 8. The van der Waals surface area contributed by atoms with Crippen LogP contribution in [0.15, 0.2) is 64.8 Å². The van der Waals surface area contributed by atoms with Gasteiger partial charge in [-0.3, -0.25) is 24.3 Å². The van der Waals surface area contributed by atoms with Gasteiger partial charge in [-0.25, -0.2) is 4.79 Å². The van der Waals surface area contributed by atoms with E-state index in [4.69, 9.17) is 25.8 Å². The Morgan fingerprint density at radius 2 is 1.59 bits per heavy atom. The summed E-state index contributed by atoms with van der Waals surface area (Å²) in [4.78, 5) is 56.6. The average Bonchev–Trinajstić information content (AvgIpc) is 3.15. The highest BCUT2D eigenvalue weighted by atomic mass is 35.5. The molecule has 4 rings (SSSR count). The van der Waals surface area contributed by atoms with Crippen LogP contribution >= 0.6 is 11.6 Å². The second-order valence-electron chi connectivity index (χ2n) is 8.47. The maximum atomic E-state index is 13.0. The van der Waals surface area contributed by atoms with E-state index in [9.17, 15) is 19.2 Å². The third-order valence-corrected chi connectivity index (χ3v) is 6.74. The second-order valence-corrected chi connectivity index (χ2v) is 8.87. The first-order chi connectivity index (χ1) is 17.8. The molecule has 2 aliphatic heterocycles. The Kier molecular flexibility index (Phi) is 7.85. The van der Waals surface area contributed by atoms with Gasteiger partial charge in [0.05, 0.1) is 56.4 Å². The molecule has 2 heterocycles. The summed E-state index contributed by atoms with van der Waals surface area (Å²) >= 11 is 6.48. The Hall–Kier alpha value is -3.82. The van der Waals surface area contributed by atoms with Gasteiger partial charge in [0.2, 0.25) is 0 Å². The molecular weight excluding hydrogens is 500 g/mol. The molecule has 0 radical (unpaired) electrons. The number of ether oxygens (including phenoxy) is 3. The zero-order valence-corrected chi connectivity index (χ0v) is 21.3. The van der Waals surface area contributed by atoms with Crippen LogP contribution in [0.3, 0.4) is 0 Å². The number of methoxy groups -OCH3 is 2. The lowest BCUT2D eigenvalue weighted by molar-refractivity contribution is -0.143. The molecule has 37 heavy (non-hydrogen) atoms. The van der Waals surface area contributed by atoms with Crippen molar-refractivity contribution < 1.29 is 33.4 Å². The van der Waals surface area contributed by atoms with Gasteiger partial charge in [-0.05, 0) is 30.7 Å². The Bertz CT molecular complexity index is 1300. The van der Waals surface area contributed by atoms with Gasteiger partial charge < -0.3 is 14.2 Å². The third kappa shape index (κ3) is 4.92. The summed E-state index contributed by atoms with van der Waals surface area (Å²) in [6, 6.07) is 13.5. The van der Waals surface area contributed by atoms with Crippen molar-refractivity contribution >= 4 is 41.1 Å². The monoisotopic (exact) mass is 524 g/mol. The van der Waals surface area contributed by atoms with Crippen molar-refractivity contribution in [2.45, 2.75) is 12.8 Å². The highest BCUT2D eigenvalue weighted by Gasteiger charge is 2.43. The Labute approximate surface area is 218 Å². The minimum Gasteiger partial charge on any atom is -0.468 e. The molecule has 0 spiro atoms. The number of rotatable bonds is 8. The van der Waals surface area contributed by atoms with Crippen molar-refractivity contribution in [3.8, 4) is 0 Å². The van der Waals surface area contributed by atoms with E-state index in [1.165, 1.54) is 14.2 Å². The van der Waals surface area contributed by atoms with Gasteiger partial charge in [-0.1, -0.05) is 41.9 Å². The van der Waals surface area contributed by atoms with Crippen LogP contribution in [-0.4, -0.2) is 68.3 Å². The summed E-state index contributed by atoms with van der Waals surface area (Å²) in [6.45, 7) is 1.57. The van der Waals surface area contributed by atoms with E-state index in [1.807, 2.05) is 0 Å². The van der Waals surface area contributed by atoms with Gasteiger partial charge >= 0.3 is 11.9 Å². The van der Waals surface area contributed by atoms with Crippen LogP contribution in [0.25, 0.3) is 0 Å². The SMILES string of the molecule is COC(=O)C1=C(COCCN2C(=O)c3ccccc3C2=O)N=C(C)C(C(=O)OC)C1c1ccccc1Cl. The standard InChI is InChI=1S/C27H25ClN2O7/c1-15-21(26(33)35-2)22(18-10-6-7-11-19(18)28)23(27(34)36-3)20(29-15)14-37-13-12-30-24(31)16-8-4-5-9-17(16)25(30)32/h4-11,21-22H,12-14H2,1-3H3. The Balaban J connectivity index is 1.59. The molecule has 2 aliphatic rings. The van der Waals surface area contributed by atoms with E-state index in [1.54, 1.807) is 55.5 Å². The zero-order chi connectivity index (χ0) is 26.7. The molecule has 2 unspecified atom stereocenters. The number of aliphatic imine (C=N–C) groups is 1. The van der Waals surface area contributed by atoms with Gasteiger partial charge in [0.15, 0.2) is 0 Å². The van der Waals surface area contributed by atoms with E-state index in [0.29, 0.717) is 27.4 Å². The number of benzene rings is 2. The molecule has 0 saturated heterocycles. The lowest BCUT2D eigenvalue weighted by Crippen LogP contribution is -2.37. The molecule has 2 aromatic carbocycles. The van der Waals surface area contributed by atoms with Crippen molar-refractivity contribution in [1.29, 1.82) is 0 Å². The van der Waals surface area contributed by atoms with Crippen LogP contribution in [0.1, 0.15) is 39.1 Å². The molecule has 0 N–H and O–H groups in total. The lowest BCUT2D eigenvalue weighted by Gasteiger charge is -2.32. The molecule has 0 fully saturated rings. The Morgan fingerprint density at radius 1 is 0.973 bits per heavy atom. The summed E-state index contributed by atoms with van der Waals surface area (Å²) in [5, 5.41) is 0.364. The highest BCUT2D eigenvalue weighted by Crippen LogP contribution is 2.42.